The van der Waals surface area contributed by atoms with Gasteiger partial charge in [0, 0.05) is 17.1 Å². The van der Waals surface area contributed by atoms with E-state index >= 15 is 0 Å². The number of hydrogen-bond acceptors (Lipinski definition) is 3. The lowest BCUT2D eigenvalue weighted by Gasteiger charge is -2.13. The first kappa shape index (κ1) is 21.4. The van der Waals surface area contributed by atoms with Crippen molar-refractivity contribution in [3.63, 3.8) is 0 Å². The van der Waals surface area contributed by atoms with Crippen LogP contribution in [0.1, 0.15) is 48.5 Å². The van der Waals surface area contributed by atoms with Gasteiger partial charge in [0.05, 0.1) is 27.9 Å². The van der Waals surface area contributed by atoms with Crippen molar-refractivity contribution in [1.82, 2.24) is 4.98 Å². The number of aromatic nitrogens is 1. The number of amides is 1. The Hall–Kier alpha value is -2.30. The van der Waals surface area contributed by atoms with E-state index in [4.69, 9.17) is 27.9 Å². The molecule has 0 spiro atoms. The van der Waals surface area contributed by atoms with Gasteiger partial charge < -0.3 is 10.1 Å². The first-order chi connectivity index (χ1) is 14.0. The monoisotopic (exact) mass is 430 g/mol. The second-order valence-corrected chi connectivity index (χ2v) is 7.78. The number of pyridine rings is 1. The minimum atomic E-state index is -0.294. The molecule has 6 heteroatoms. The van der Waals surface area contributed by atoms with Crippen LogP contribution in [-0.4, -0.2) is 17.5 Å². The van der Waals surface area contributed by atoms with Crippen LogP contribution in [-0.2, 0) is 0 Å². The van der Waals surface area contributed by atoms with Crippen molar-refractivity contribution in [2.75, 3.05) is 11.9 Å². The van der Waals surface area contributed by atoms with Crippen LogP contribution in [0.2, 0.25) is 10.0 Å². The van der Waals surface area contributed by atoms with E-state index < -0.39 is 0 Å². The molecule has 0 radical (unpaired) electrons. The number of anilines is 1. The van der Waals surface area contributed by atoms with Crippen LogP contribution in [0.4, 0.5) is 5.69 Å². The van der Waals surface area contributed by atoms with Gasteiger partial charge in [-0.2, -0.15) is 0 Å². The Labute approximate surface area is 181 Å². The van der Waals surface area contributed by atoms with E-state index in [1.807, 2.05) is 31.2 Å². The maximum Gasteiger partial charge on any atom is 0.255 e. The Morgan fingerprint density at radius 2 is 1.86 bits per heavy atom. The van der Waals surface area contributed by atoms with Crippen LogP contribution < -0.4 is 10.1 Å². The van der Waals surface area contributed by atoms with Gasteiger partial charge in [0.2, 0.25) is 0 Å². The predicted octanol–water partition coefficient (Wildman–Crippen LogP) is 7.06. The highest BCUT2D eigenvalue weighted by Crippen LogP contribution is 2.35. The number of hydrogen-bond donors (Lipinski definition) is 1. The number of fused-ring (bicyclic) bond motifs is 1. The van der Waals surface area contributed by atoms with Gasteiger partial charge in [0.1, 0.15) is 0 Å². The standard InChI is InChI=1S/C23H24Cl2N2O2/c1-3-4-5-6-12-29-22-18(24)13-16(14-19(22)25)23(28)27-20-10-9-15(2)21-17(20)8-7-11-26-21/h7-11,13-14H,3-6,12H2,1-2H3,(H,27,28). The molecular formula is C23H24Cl2N2O2. The van der Waals surface area contributed by atoms with Crippen molar-refractivity contribution in [2.24, 2.45) is 0 Å². The van der Waals surface area contributed by atoms with Gasteiger partial charge in [-0.15, -0.1) is 0 Å². The summed E-state index contributed by atoms with van der Waals surface area (Å²) >= 11 is 12.7. The number of rotatable bonds is 8. The van der Waals surface area contributed by atoms with Crippen LogP contribution >= 0.6 is 23.2 Å². The van der Waals surface area contributed by atoms with Crippen LogP contribution in [0.15, 0.2) is 42.6 Å². The summed E-state index contributed by atoms with van der Waals surface area (Å²) in [7, 11) is 0. The molecule has 0 atom stereocenters. The Kier molecular flexibility index (Phi) is 7.34. The molecular weight excluding hydrogens is 407 g/mol. The largest absolute Gasteiger partial charge is 0.490 e. The van der Waals surface area contributed by atoms with Crippen LogP contribution in [0, 0.1) is 6.92 Å². The van der Waals surface area contributed by atoms with Crippen LogP contribution in [0.3, 0.4) is 0 Å². The van der Waals surface area contributed by atoms with E-state index in [0.29, 0.717) is 33.7 Å². The lowest BCUT2D eigenvalue weighted by atomic mass is 10.1. The molecule has 4 nitrogen and oxygen atoms in total. The molecule has 1 N–H and O–H groups in total. The zero-order chi connectivity index (χ0) is 20.8. The Balaban J connectivity index is 1.76. The number of aryl methyl sites for hydroxylation is 1. The van der Waals surface area contributed by atoms with E-state index in [9.17, 15) is 4.79 Å². The molecule has 3 rings (SSSR count). The third kappa shape index (κ3) is 5.20. The van der Waals surface area contributed by atoms with Crippen molar-refractivity contribution in [3.05, 3.63) is 63.8 Å². The van der Waals surface area contributed by atoms with Gasteiger partial charge in [-0.1, -0.05) is 55.5 Å². The van der Waals surface area contributed by atoms with Gasteiger partial charge in [0.25, 0.3) is 5.91 Å². The van der Waals surface area contributed by atoms with Crippen molar-refractivity contribution < 1.29 is 9.53 Å². The van der Waals surface area contributed by atoms with Gasteiger partial charge in [-0.3, -0.25) is 9.78 Å². The third-order valence-corrected chi connectivity index (χ3v) is 5.29. The van der Waals surface area contributed by atoms with Crippen molar-refractivity contribution in [3.8, 4) is 5.75 Å². The molecule has 0 aliphatic rings. The van der Waals surface area contributed by atoms with Gasteiger partial charge in [-0.25, -0.2) is 0 Å². The molecule has 0 aliphatic heterocycles. The number of ether oxygens (including phenoxy) is 1. The second kappa shape index (κ2) is 9.95. The van der Waals surface area contributed by atoms with Gasteiger partial charge in [-0.05, 0) is 49.2 Å². The fraction of sp³-hybridized carbons (Fsp3) is 0.304. The molecule has 0 saturated heterocycles. The maximum absolute atomic E-state index is 12.8. The second-order valence-electron chi connectivity index (χ2n) is 6.96. The zero-order valence-corrected chi connectivity index (χ0v) is 18.1. The smallest absolute Gasteiger partial charge is 0.255 e. The SMILES string of the molecule is CCCCCCOc1c(Cl)cc(C(=O)Nc2ccc(C)c3ncccc23)cc1Cl. The van der Waals surface area contributed by atoms with Crippen molar-refractivity contribution >= 4 is 45.7 Å². The minimum absolute atomic E-state index is 0.294. The van der Waals surface area contributed by atoms with E-state index in [-0.39, 0.29) is 5.91 Å². The van der Waals surface area contributed by atoms with Crippen LogP contribution in [0.5, 0.6) is 5.75 Å². The van der Waals surface area contributed by atoms with E-state index in [2.05, 4.69) is 17.2 Å². The molecule has 1 heterocycles. The summed E-state index contributed by atoms with van der Waals surface area (Å²) in [6.07, 6.45) is 6.12. The minimum Gasteiger partial charge on any atom is -0.490 e. The summed E-state index contributed by atoms with van der Waals surface area (Å²) in [6.45, 7) is 4.70. The number of carbonyl (C=O) groups excluding carboxylic acids is 1. The molecule has 1 amide bonds. The third-order valence-electron chi connectivity index (χ3n) is 4.72. The number of benzene rings is 2. The summed E-state index contributed by atoms with van der Waals surface area (Å²) in [6, 6.07) is 10.7. The van der Waals surface area contributed by atoms with Gasteiger partial charge in [0.15, 0.2) is 5.75 Å². The number of nitrogens with zero attached hydrogens (tertiary/aromatic N) is 1. The molecule has 0 aliphatic carbocycles. The molecule has 29 heavy (non-hydrogen) atoms. The van der Waals surface area contributed by atoms with Crippen molar-refractivity contribution in [2.45, 2.75) is 39.5 Å². The summed E-state index contributed by atoms with van der Waals surface area (Å²) in [5.74, 6) is 0.128. The molecule has 0 unspecified atom stereocenters. The number of nitrogens with one attached hydrogen (secondary N) is 1. The predicted molar refractivity (Wildman–Crippen MR) is 121 cm³/mol. The zero-order valence-electron chi connectivity index (χ0n) is 16.6. The van der Waals surface area contributed by atoms with E-state index in [1.165, 1.54) is 6.42 Å². The first-order valence-corrected chi connectivity index (χ1v) is 10.5. The van der Waals surface area contributed by atoms with Crippen LogP contribution in [0.25, 0.3) is 10.9 Å². The Bertz CT molecular complexity index is 998. The lowest BCUT2D eigenvalue weighted by Crippen LogP contribution is -2.13. The van der Waals surface area contributed by atoms with E-state index in [0.717, 1.165) is 35.7 Å². The quantitative estimate of drug-likeness (QED) is 0.389. The number of unbranched alkanes of at least 4 members (excludes halogenated alkanes) is 3. The molecule has 0 saturated carbocycles. The first-order valence-electron chi connectivity index (χ1n) is 9.78. The topological polar surface area (TPSA) is 51.2 Å². The van der Waals surface area contributed by atoms with E-state index in [1.54, 1.807) is 18.3 Å². The summed E-state index contributed by atoms with van der Waals surface area (Å²) in [5.41, 5.74) is 2.96. The maximum atomic E-state index is 12.8. The number of carbonyl (C=O) groups is 1. The molecule has 152 valence electrons. The molecule has 1 aromatic heterocycles. The molecule has 0 fully saturated rings. The molecule has 2 aromatic carbocycles. The normalized spacial score (nSPS) is 10.9. The highest BCUT2D eigenvalue weighted by molar-refractivity contribution is 6.37. The Morgan fingerprint density at radius 1 is 1.10 bits per heavy atom. The van der Waals surface area contributed by atoms with Crippen molar-refractivity contribution in [1.29, 1.82) is 0 Å². The summed E-state index contributed by atoms with van der Waals surface area (Å²) < 4.78 is 5.73. The fourth-order valence-electron chi connectivity index (χ4n) is 3.15. The number of halogens is 2. The fourth-order valence-corrected chi connectivity index (χ4v) is 3.75. The van der Waals surface area contributed by atoms with Gasteiger partial charge >= 0.3 is 0 Å². The molecule has 0 bridgehead atoms. The highest BCUT2D eigenvalue weighted by Gasteiger charge is 2.15. The molecule has 3 aromatic rings. The Morgan fingerprint density at radius 3 is 2.59 bits per heavy atom. The average molecular weight is 431 g/mol. The summed E-state index contributed by atoms with van der Waals surface area (Å²) in [5, 5.41) is 4.47. The summed E-state index contributed by atoms with van der Waals surface area (Å²) in [4.78, 5) is 17.2. The highest BCUT2D eigenvalue weighted by atomic mass is 35.5. The average Bonchev–Trinajstić information content (AvgIpc) is 2.71. The lowest BCUT2D eigenvalue weighted by molar-refractivity contribution is 0.102.